The Morgan fingerprint density at radius 1 is 1.33 bits per heavy atom. The molecule has 1 aliphatic heterocycles. The normalized spacial score (nSPS) is 28.9. The highest BCUT2D eigenvalue weighted by Gasteiger charge is 2.28. The van der Waals surface area contributed by atoms with Crippen LogP contribution in [0.5, 0.6) is 0 Å². The lowest BCUT2D eigenvalue weighted by Gasteiger charge is -2.14. The van der Waals surface area contributed by atoms with Gasteiger partial charge in [-0.2, -0.15) is 0 Å². The van der Waals surface area contributed by atoms with Crippen LogP contribution in [-0.4, -0.2) is 18.0 Å². The molecule has 0 amide bonds. The van der Waals surface area contributed by atoms with Crippen LogP contribution in [0, 0.1) is 5.92 Å². The van der Waals surface area contributed by atoms with Crippen LogP contribution in [-0.2, 0) is 4.74 Å². The zero-order chi connectivity index (χ0) is 9.14. The second-order valence-electron chi connectivity index (χ2n) is 3.66. The molecule has 0 radical (unpaired) electrons. The summed E-state index contributed by atoms with van der Waals surface area (Å²) in [5, 5.41) is 0. The third kappa shape index (κ3) is 1.79. The van der Waals surface area contributed by atoms with Gasteiger partial charge in [-0.1, -0.05) is 27.7 Å². The van der Waals surface area contributed by atoms with Gasteiger partial charge < -0.3 is 4.74 Å². The number of rotatable bonds is 3. The van der Waals surface area contributed by atoms with Crippen molar-refractivity contribution in [3.05, 3.63) is 0 Å². The first-order chi connectivity index (χ1) is 5.69. The van der Waals surface area contributed by atoms with Crippen LogP contribution in [0.25, 0.3) is 0 Å². The van der Waals surface area contributed by atoms with Crippen molar-refractivity contribution in [3.8, 4) is 0 Å². The van der Waals surface area contributed by atoms with E-state index in [1.54, 1.807) is 0 Å². The first-order valence-corrected chi connectivity index (χ1v) is 4.93. The summed E-state index contributed by atoms with van der Waals surface area (Å²) in [6.07, 6.45) is 2.50. The largest absolute Gasteiger partial charge is 0.475 e. The molecule has 1 heterocycles. The molecular formula is C10H19NO. The summed E-state index contributed by atoms with van der Waals surface area (Å²) >= 11 is 0. The van der Waals surface area contributed by atoms with Crippen LogP contribution in [0.2, 0.25) is 0 Å². The van der Waals surface area contributed by atoms with E-state index in [0.717, 1.165) is 18.7 Å². The van der Waals surface area contributed by atoms with Crippen LogP contribution in [0.15, 0.2) is 4.99 Å². The fourth-order valence-electron chi connectivity index (χ4n) is 1.51. The molecule has 0 fully saturated rings. The Bertz CT molecular complexity index is 175. The molecule has 2 unspecified atom stereocenters. The van der Waals surface area contributed by atoms with E-state index >= 15 is 0 Å². The van der Waals surface area contributed by atoms with Crippen LogP contribution in [0.1, 0.15) is 40.5 Å². The summed E-state index contributed by atoms with van der Waals surface area (Å²) in [6, 6.07) is 0.410. The SMILES string of the molecule is CCC1N=C(C(C)C)OC1CC. The Kier molecular flexibility index (Phi) is 3.12. The van der Waals surface area contributed by atoms with Gasteiger partial charge in [-0.25, -0.2) is 4.99 Å². The van der Waals surface area contributed by atoms with Crippen molar-refractivity contribution in [2.24, 2.45) is 10.9 Å². The van der Waals surface area contributed by atoms with Gasteiger partial charge in [0.2, 0.25) is 0 Å². The molecule has 0 aromatic heterocycles. The van der Waals surface area contributed by atoms with Crippen LogP contribution < -0.4 is 0 Å². The van der Waals surface area contributed by atoms with Crippen molar-refractivity contribution < 1.29 is 4.74 Å². The molecule has 70 valence electrons. The molecule has 2 atom stereocenters. The third-order valence-corrected chi connectivity index (χ3v) is 2.31. The minimum Gasteiger partial charge on any atom is -0.475 e. The molecule has 0 aromatic rings. The molecule has 0 aliphatic carbocycles. The molecule has 12 heavy (non-hydrogen) atoms. The van der Waals surface area contributed by atoms with E-state index in [4.69, 9.17) is 4.74 Å². The summed E-state index contributed by atoms with van der Waals surface area (Å²) in [5.74, 6) is 1.39. The summed E-state index contributed by atoms with van der Waals surface area (Å²) in [5.41, 5.74) is 0. The standard InChI is InChI=1S/C10H19NO/c1-5-8-9(6-2)12-10(11-8)7(3)4/h7-9H,5-6H2,1-4H3. The first-order valence-electron chi connectivity index (χ1n) is 4.93. The zero-order valence-corrected chi connectivity index (χ0v) is 8.50. The van der Waals surface area contributed by atoms with Crippen molar-refractivity contribution in [3.63, 3.8) is 0 Å². The van der Waals surface area contributed by atoms with E-state index < -0.39 is 0 Å². The van der Waals surface area contributed by atoms with Gasteiger partial charge in [-0.05, 0) is 12.8 Å². The second kappa shape index (κ2) is 3.92. The molecule has 1 aliphatic rings. The number of ether oxygens (including phenoxy) is 1. The van der Waals surface area contributed by atoms with Gasteiger partial charge in [0.1, 0.15) is 6.10 Å². The monoisotopic (exact) mass is 169 g/mol. The van der Waals surface area contributed by atoms with Crippen LogP contribution in [0.3, 0.4) is 0 Å². The Labute approximate surface area is 75.0 Å². The van der Waals surface area contributed by atoms with Crippen molar-refractivity contribution in [1.29, 1.82) is 0 Å². The molecule has 0 saturated heterocycles. The highest BCUT2D eigenvalue weighted by Crippen LogP contribution is 2.21. The smallest absolute Gasteiger partial charge is 0.186 e. The predicted octanol–water partition coefficient (Wildman–Crippen LogP) is 2.63. The number of hydrogen-bond donors (Lipinski definition) is 0. The Morgan fingerprint density at radius 2 is 2.00 bits per heavy atom. The summed E-state index contributed by atoms with van der Waals surface area (Å²) in [7, 11) is 0. The van der Waals surface area contributed by atoms with E-state index in [0.29, 0.717) is 18.1 Å². The average molecular weight is 169 g/mol. The van der Waals surface area contributed by atoms with Gasteiger partial charge in [0.05, 0.1) is 6.04 Å². The quantitative estimate of drug-likeness (QED) is 0.636. The maximum atomic E-state index is 5.73. The van der Waals surface area contributed by atoms with E-state index in [1.165, 1.54) is 0 Å². The molecule has 0 saturated carbocycles. The lowest BCUT2D eigenvalue weighted by atomic mass is 10.1. The van der Waals surface area contributed by atoms with Gasteiger partial charge in [0.25, 0.3) is 0 Å². The van der Waals surface area contributed by atoms with Gasteiger partial charge in [-0.15, -0.1) is 0 Å². The number of aliphatic imine (C=N–C) groups is 1. The van der Waals surface area contributed by atoms with Gasteiger partial charge in [0.15, 0.2) is 5.90 Å². The predicted molar refractivity (Wildman–Crippen MR) is 51.5 cm³/mol. The fraction of sp³-hybridized carbons (Fsp3) is 0.900. The van der Waals surface area contributed by atoms with Crippen molar-refractivity contribution in [2.75, 3.05) is 0 Å². The lowest BCUT2D eigenvalue weighted by molar-refractivity contribution is 0.177. The summed E-state index contributed by atoms with van der Waals surface area (Å²) in [6.45, 7) is 8.59. The van der Waals surface area contributed by atoms with E-state index in [2.05, 4.69) is 32.7 Å². The minimum absolute atomic E-state index is 0.340. The number of nitrogens with zero attached hydrogens (tertiary/aromatic N) is 1. The van der Waals surface area contributed by atoms with E-state index in [1.807, 2.05) is 0 Å². The van der Waals surface area contributed by atoms with Crippen LogP contribution >= 0.6 is 0 Å². The highest BCUT2D eigenvalue weighted by molar-refractivity contribution is 5.79. The summed E-state index contributed by atoms with van der Waals surface area (Å²) < 4.78 is 5.73. The molecular weight excluding hydrogens is 150 g/mol. The molecule has 0 bridgehead atoms. The fourth-order valence-corrected chi connectivity index (χ4v) is 1.51. The molecule has 0 aromatic carbocycles. The topological polar surface area (TPSA) is 21.6 Å². The number of hydrogen-bond acceptors (Lipinski definition) is 2. The molecule has 1 rings (SSSR count). The van der Waals surface area contributed by atoms with Gasteiger partial charge in [0, 0.05) is 5.92 Å². The highest BCUT2D eigenvalue weighted by atomic mass is 16.5. The van der Waals surface area contributed by atoms with Crippen molar-refractivity contribution in [1.82, 2.24) is 0 Å². The minimum atomic E-state index is 0.340. The van der Waals surface area contributed by atoms with Gasteiger partial charge in [-0.3, -0.25) is 0 Å². The zero-order valence-electron chi connectivity index (χ0n) is 8.50. The molecule has 2 nitrogen and oxygen atoms in total. The second-order valence-corrected chi connectivity index (χ2v) is 3.66. The first kappa shape index (κ1) is 9.56. The third-order valence-electron chi connectivity index (χ3n) is 2.31. The van der Waals surface area contributed by atoms with E-state index in [-0.39, 0.29) is 0 Å². The average Bonchev–Trinajstić information content (AvgIpc) is 2.46. The maximum Gasteiger partial charge on any atom is 0.186 e. The summed E-state index contributed by atoms with van der Waals surface area (Å²) in [4.78, 5) is 4.55. The Hall–Kier alpha value is -0.530. The van der Waals surface area contributed by atoms with Gasteiger partial charge >= 0.3 is 0 Å². The van der Waals surface area contributed by atoms with E-state index in [9.17, 15) is 0 Å². The lowest BCUT2D eigenvalue weighted by Crippen LogP contribution is -2.21. The molecule has 0 N–H and O–H groups in total. The van der Waals surface area contributed by atoms with Crippen molar-refractivity contribution in [2.45, 2.75) is 52.7 Å². The van der Waals surface area contributed by atoms with Crippen molar-refractivity contribution >= 4 is 5.90 Å². The molecule has 2 heteroatoms. The Morgan fingerprint density at radius 3 is 2.33 bits per heavy atom. The van der Waals surface area contributed by atoms with Crippen LogP contribution in [0.4, 0.5) is 0 Å². The Balaban J connectivity index is 2.60. The molecule has 0 spiro atoms. The maximum absolute atomic E-state index is 5.73.